The van der Waals surface area contributed by atoms with Gasteiger partial charge in [0.25, 0.3) is 0 Å². The molecule has 6 heteroatoms. The Hall–Kier alpha value is -1.92. The van der Waals surface area contributed by atoms with Gasteiger partial charge in [0.15, 0.2) is 23.0 Å². The van der Waals surface area contributed by atoms with E-state index in [9.17, 15) is 5.11 Å². The number of halogens is 1. The van der Waals surface area contributed by atoms with Gasteiger partial charge < -0.3 is 24.1 Å². The third-order valence-electron chi connectivity index (χ3n) is 19.9. The Balaban J connectivity index is 0.000000940. The monoisotopic (exact) mass is 1380 g/mol. The molecule has 5 nitrogen and oxygen atoms in total. The zero-order chi connectivity index (χ0) is 67.8. The second-order valence-electron chi connectivity index (χ2n) is 29.4. The molecule has 0 bridgehead atoms. The van der Waals surface area contributed by atoms with E-state index in [2.05, 4.69) is 69.6 Å². The molecule has 0 atom stereocenters. The van der Waals surface area contributed by atoms with Crippen LogP contribution in [0, 0.1) is 13.8 Å². The van der Waals surface area contributed by atoms with Gasteiger partial charge in [0.05, 0.1) is 33.0 Å². The molecule has 0 radical (unpaired) electrons. The molecule has 0 aliphatic heterocycles. The minimum atomic E-state index is 0.0374. The molecule has 0 aliphatic rings. The number of aryl methyl sites for hydroxylation is 2. The first kappa shape index (κ1) is 90.1. The van der Waals surface area contributed by atoms with Crippen molar-refractivity contribution in [1.29, 1.82) is 0 Å². The van der Waals surface area contributed by atoms with E-state index in [1.165, 1.54) is 396 Å². The molecule has 2 rings (SSSR count). The van der Waals surface area contributed by atoms with Crippen LogP contribution in [-0.4, -0.2) is 31.5 Å². The van der Waals surface area contributed by atoms with Crippen molar-refractivity contribution in [3.8, 4) is 23.0 Å². The van der Waals surface area contributed by atoms with Gasteiger partial charge in [-0.25, -0.2) is 0 Å². The number of hydrogen-bond donors (Lipinski definition) is 1. The summed E-state index contributed by atoms with van der Waals surface area (Å²) in [6, 6.07) is 8.42. The fourth-order valence-electron chi connectivity index (χ4n) is 13.7. The highest BCUT2D eigenvalue weighted by molar-refractivity contribution is 9.08. The minimum Gasteiger partial charge on any atom is -0.490 e. The fraction of sp³-hybridized carbons (Fsp3) is 0.864. The van der Waals surface area contributed by atoms with Crippen LogP contribution in [0.4, 0.5) is 0 Å². The highest BCUT2D eigenvalue weighted by atomic mass is 79.9. The third-order valence-corrected chi connectivity index (χ3v) is 20.6. The Bertz CT molecular complexity index is 1680. The first-order valence-corrected chi connectivity index (χ1v) is 43.5. The smallest absolute Gasteiger partial charge is 0.164 e. The molecule has 552 valence electrons. The summed E-state index contributed by atoms with van der Waals surface area (Å²) < 4.78 is 25.1. The Morgan fingerprint density at radius 1 is 0.234 bits per heavy atom. The number of rotatable bonds is 74. The summed E-state index contributed by atoms with van der Waals surface area (Å²) >= 11 is 3.63. The van der Waals surface area contributed by atoms with Crippen molar-refractivity contribution in [2.45, 2.75) is 464 Å². The van der Waals surface area contributed by atoms with Crippen molar-refractivity contribution in [2.75, 3.05) is 26.4 Å². The van der Waals surface area contributed by atoms with Gasteiger partial charge in [-0.1, -0.05) is 435 Å². The summed E-state index contributed by atoms with van der Waals surface area (Å²) in [4.78, 5) is 0. The molecule has 0 amide bonds. The maximum absolute atomic E-state index is 9.73. The van der Waals surface area contributed by atoms with E-state index >= 15 is 0 Å². The van der Waals surface area contributed by atoms with E-state index in [-0.39, 0.29) is 6.61 Å². The molecular formula is C88H163BrO5. The SMILES string of the molecule is CCCCCCCCCCCCCCCCCCOc1cc(CBr)cc(C)c1OCCCCCCCCCCCCCCCCCC.CCCCCCCCCCCCCCCCCCOc1cc(CO)cc(C)c1OCCCCCCCCCCCCCCCCCC. The van der Waals surface area contributed by atoms with Crippen LogP contribution in [0.3, 0.4) is 0 Å². The molecule has 0 heterocycles. The predicted octanol–water partition coefficient (Wildman–Crippen LogP) is 30.9. The molecule has 1 N–H and O–H groups in total. The number of ether oxygens (including phenoxy) is 4. The second kappa shape index (κ2) is 73.8. The van der Waals surface area contributed by atoms with E-state index in [0.29, 0.717) is 0 Å². The Kier molecular flexibility index (Phi) is 70.7. The van der Waals surface area contributed by atoms with Gasteiger partial charge in [-0.05, 0) is 80.0 Å². The van der Waals surface area contributed by atoms with Crippen LogP contribution in [0.5, 0.6) is 23.0 Å². The Morgan fingerprint density at radius 2 is 0.404 bits per heavy atom. The van der Waals surface area contributed by atoms with Crippen molar-refractivity contribution in [2.24, 2.45) is 0 Å². The maximum Gasteiger partial charge on any atom is 0.164 e. The highest BCUT2D eigenvalue weighted by Gasteiger charge is 2.14. The highest BCUT2D eigenvalue weighted by Crippen LogP contribution is 2.35. The van der Waals surface area contributed by atoms with Crippen molar-refractivity contribution < 1.29 is 24.1 Å². The van der Waals surface area contributed by atoms with Crippen LogP contribution in [0.2, 0.25) is 0 Å². The molecule has 0 fully saturated rings. The van der Waals surface area contributed by atoms with Crippen LogP contribution in [0.25, 0.3) is 0 Å². The van der Waals surface area contributed by atoms with E-state index in [0.717, 1.165) is 91.6 Å². The number of alkyl halides is 1. The van der Waals surface area contributed by atoms with Crippen molar-refractivity contribution in [3.05, 3.63) is 46.5 Å². The van der Waals surface area contributed by atoms with Gasteiger partial charge in [0.1, 0.15) is 0 Å². The van der Waals surface area contributed by atoms with Crippen molar-refractivity contribution in [1.82, 2.24) is 0 Å². The lowest BCUT2D eigenvalue weighted by Crippen LogP contribution is -2.05. The summed E-state index contributed by atoms with van der Waals surface area (Å²) in [5, 5.41) is 10.6. The first-order valence-electron chi connectivity index (χ1n) is 42.4. The van der Waals surface area contributed by atoms with Gasteiger partial charge in [-0.2, -0.15) is 0 Å². The number of unbranched alkanes of at least 4 members (excludes halogenated alkanes) is 60. The third kappa shape index (κ3) is 59.0. The normalized spacial score (nSPS) is 11.4. The Morgan fingerprint density at radius 3 is 0.596 bits per heavy atom. The molecule has 0 unspecified atom stereocenters. The summed E-state index contributed by atoms with van der Waals surface area (Å²) in [5.41, 5.74) is 4.42. The summed E-state index contributed by atoms with van der Waals surface area (Å²) in [6.45, 7) is 16.5. The molecule has 0 aromatic heterocycles. The lowest BCUT2D eigenvalue weighted by molar-refractivity contribution is 0.253. The van der Waals surface area contributed by atoms with Crippen LogP contribution in [0.15, 0.2) is 24.3 Å². The second-order valence-corrected chi connectivity index (χ2v) is 29.9. The number of hydrogen-bond acceptors (Lipinski definition) is 5. The van der Waals surface area contributed by atoms with E-state index in [1.54, 1.807) is 0 Å². The van der Waals surface area contributed by atoms with E-state index in [1.807, 2.05) is 12.1 Å². The zero-order valence-electron chi connectivity index (χ0n) is 64.3. The van der Waals surface area contributed by atoms with Crippen molar-refractivity contribution >= 4 is 15.9 Å². The van der Waals surface area contributed by atoms with Crippen LogP contribution in [-0.2, 0) is 11.9 Å². The van der Waals surface area contributed by atoms with Gasteiger partial charge in [0.2, 0.25) is 0 Å². The summed E-state index contributed by atoms with van der Waals surface area (Å²) in [6.07, 6.45) is 88.8. The quantitative estimate of drug-likeness (QED) is 0.0528. The number of aliphatic hydroxyl groups excluding tert-OH is 1. The standard InChI is InChI=1S/C44H81BrO2.C44H82O3/c2*1-4-6-8-10-12-14-16-18-20-22-24-26-28-30-32-34-36-46-43-39-42(40-45)38-41(3)44(43)47-37-35-33-31-29-27-25-23-21-19-17-15-13-11-9-7-5-2/h38-39H,4-37,40H2,1-3H3;38-39,45H,4-37,40H2,1-3H3. The molecule has 2 aromatic carbocycles. The van der Waals surface area contributed by atoms with Gasteiger partial charge in [-0.3, -0.25) is 0 Å². The number of aliphatic hydroxyl groups is 1. The molecule has 0 spiro atoms. The molecular weight excluding hydrogens is 1220 g/mol. The lowest BCUT2D eigenvalue weighted by atomic mass is 10.0. The van der Waals surface area contributed by atoms with Crippen LogP contribution < -0.4 is 18.9 Å². The lowest BCUT2D eigenvalue weighted by Gasteiger charge is -2.16. The molecule has 94 heavy (non-hydrogen) atoms. The van der Waals surface area contributed by atoms with Gasteiger partial charge in [0, 0.05) is 5.33 Å². The van der Waals surface area contributed by atoms with Crippen molar-refractivity contribution in [3.63, 3.8) is 0 Å². The predicted molar refractivity (Wildman–Crippen MR) is 421 cm³/mol. The van der Waals surface area contributed by atoms with Crippen LogP contribution >= 0.6 is 15.9 Å². The first-order chi connectivity index (χ1) is 46.4. The number of benzene rings is 2. The van der Waals surface area contributed by atoms with E-state index < -0.39 is 0 Å². The Labute approximate surface area is 596 Å². The molecule has 0 aliphatic carbocycles. The zero-order valence-corrected chi connectivity index (χ0v) is 65.9. The fourth-order valence-corrected chi connectivity index (χ4v) is 14.0. The topological polar surface area (TPSA) is 57.2 Å². The molecule has 2 aromatic rings. The average molecular weight is 1380 g/mol. The van der Waals surface area contributed by atoms with Crippen LogP contribution in [0.1, 0.15) is 461 Å². The maximum atomic E-state index is 9.73. The summed E-state index contributed by atoms with van der Waals surface area (Å²) in [7, 11) is 0. The minimum absolute atomic E-state index is 0.0374. The van der Waals surface area contributed by atoms with Gasteiger partial charge in [-0.15, -0.1) is 0 Å². The summed E-state index contributed by atoms with van der Waals surface area (Å²) in [5.74, 6) is 3.59. The largest absolute Gasteiger partial charge is 0.490 e. The van der Waals surface area contributed by atoms with E-state index in [4.69, 9.17) is 18.9 Å². The van der Waals surface area contributed by atoms with Gasteiger partial charge >= 0.3 is 0 Å². The molecule has 0 saturated heterocycles. The molecule has 0 saturated carbocycles. The average Bonchev–Trinajstić information content (AvgIpc) is 1.20.